The van der Waals surface area contributed by atoms with Crippen molar-refractivity contribution in [2.45, 2.75) is 20.8 Å². The van der Waals surface area contributed by atoms with Crippen LogP contribution >= 0.6 is 0 Å². The quantitative estimate of drug-likeness (QED) is 0.575. The molecule has 0 spiro atoms. The molecule has 0 saturated heterocycles. The van der Waals surface area contributed by atoms with Crippen molar-refractivity contribution in [2.75, 3.05) is 14.1 Å². The molecular weight excluding hydrogens is 148 g/mol. The lowest BCUT2D eigenvalue weighted by Gasteiger charge is -2.18. The summed E-state index contributed by atoms with van der Waals surface area (Å²) in [5.41, 5.74) is 0.992. The summed E-state index contributed by atoms with van der Waals surface area (Å²) < 4.78 is 0. The zero-order chi connectivity index (χ0) is 9.61. The Balaban J connectivity index is 4.72. The molecule has 0 N–H and O–H groups in total. The van der Waals surface area contributed by atoms with Crippen LogP contribution in [0.1, 0.15) is 20.8 Å². The van der Waals surface area contributed by atoms with Crippen molar-refractivity contribution in [1.82, 2.24) is 0 Å². The molecule has 0 aliphatic rings. The molecule has 68 valence electrons. The summed E-state index contributed by atoms with van der Waals surface area (Å²) in [6, 6.07) is 0. The van der Waals surface area contributed by atoms with E-state index in [0.29, 0.717) is 0 Å². The molecule has 2 nitrogen and oxygen atoms in total. The lowest BCUT2D eigenvalue weighted by molar-refractivity contribution is 0.746. The fourth-order valence-corrected chi connectivity index (χ4v) is 1.12. The van der Waals surface area contributed by atoms with Crippen molar-refractivity contribution >= 4 is 11.9 Å². The molecule has 0 aliphatic heterocycles. The van der Waals surface area contributed by atoms with Crippen molar-refractivity contribution in [1.29, 1.82) is 0 Å². The van der Waals surface area contributed by atoms with Crippen molar-refractivity contribution in [3.63, 3.8) is 0 Å². The highest BCUT2D eigenvalue weighted by molar-refractivity contribution is 6.08. The Morgan fingerprint density at radius 2 is 1.83 bits per heavy atom. The van der Waals surface area contributed by atoms with E-state index in [1.807, 2.05) is 25.3 Å². The highest BCUT2D eigenvalue weighted by Crippen LogP contribution is 2.15. The SMILES string of the molecule is CC=CC(=NC)C(C)(C)C=NC. The largest absolute Gasteiger partial charge is 0.300 e. The molecule has 0 aromatic rings. The minimum atomic E-state index is -0.0595. The molecule has 0 aromatic heterocycles. The summed E-state index contributed by atoms with van der Waals surface area (Å²) in [6.45, 7) is 6.19. The molecule has 0 aliphatic carbocycles. The third-order valence-corrected chi connectivity index (χ3v) is 1.68. The van der Waals surface area contributed by atoms with Crippen molar-refractivity contribution in [3.8, 4) is 0 Å². The van der Waals surface area contributed by atoms with Gasteiger partial charge in [-0.1, -0.05) is 6.08 Å². The predicted molar refractivity (Wildman–Crippen MR) is 56.4 cm³/mol. The third kappa shape index (κ3) is 2.99. The van der Waals surface area contributed by atoms with Gasteiger partial charge in [0.05, 0.1) is 0 Å². The third-order valence-electron chi connectivity index (χ3n) is 1.68. The van der Waals surface area contributed by atoms with Crippen molar-refractivity contribution < 1.29 is 0 Å². The monoisotopic (exact) mass is 166 g/mol. The summed E-state index contributed by atoms with van der Waals surface area (Å²) in [7, 11) is 3.59. The second-order valence-corrected chi connectivity index (χ2v) is 3.22. The van der Waals surface area contributed by atoms with Gasteiger partial charge in [-0.2, -0.15) is 0 Å². The van der Waals surface area contributed by atoms with E-state index in [2.05, 4.69) is 23.8 Å². The van der Waals surface area contributed by atoms with E-state index >= 15 is 0 Å². The average molecular weight is 166 g/mol. The highest BCUT2D eigenvalue weighted by atomic mass is 14.7. The molecule has 0 unspecified atom stereocenters. The highest BCUT2D eigenvalue weighted by Gasteiger charge is 2.19. The smallest absolute Gasteiger partial charge is 0.0451 e. The van der Waals surface area contributed by atoms with E-state index in [9.17, 15) is 0 Å². The van der Waals surface area contributed by atoms with Crippen LogP contribution in [0.3, 0.4) is 0 Å². The first-order chi connectivity index (χ1) is 5.58. The van der Waals surface area contributed by atoms with E-state index in [4.69, 9.17) is 0 Å². The first kappa shape index (κ1) is 11.1. The number of hydrogen-bond donors (Lipinski definition) is 0. The van der Waals surface area contributed by atoms with Crippen LogP contribution in [-0.4, -0.2) is 26.0 Å². The molecule has 0 radical (unpaired) electrons. The number of nitrogens with zero attached hydrogens (tertiary/aromatic N) is 2. The fourth-order valence-electron chi connectivity index (χ4n) is 1.12. The summed E-state index contributed by atoms with van der Waals surface area (Å²) in [5, 5.41) is 0. The summed E-state index contributed by atoms with van der Waals surface area (Å²) in [6.07, 6.45) is 5.92. The van der Waals surface area contributed by atoms with Crippen LogP contribution in [0.4, 0.5) is 0 Å². The predicted octanol–water partition coefficient (Wildman–Crippen LogP) is 2.36. The van der Waals surface area contributed by atoms with Gasteiger partial charge in [0.1, 0.15) is 0 Å². The average Bonchev–Trinajstić information content (AvgIpc) is 1.99. The maximum absolute atomic E-state index is 4.21. The van der Waals surface area contributed by atoms with Gasteiger partial charge < -0.3 is 0 Å². The van der Waals surface area contributed by atoms with Gasteiger partial charge in [-0.05, 0) is 26.8 Å². The van der Waals surface area contributed by atoms with Crippen LogP contribution in [0.5, 0.6) is 0 Å². The molecule has 0 amide bonds. The molecule has 0 aromatic carbocycles. The summed E-state index contributed by atoms with van der Waals surface area (Å²) >= 11 is 0. The minimum absolute atomic E-state index is 0.0595. The van der Waals surface area contributed by atoms with Gasteiger partial charge in [0.2, 0.25) is 0 Å². The van der Waals surface area contributed by atoms with Gasteiger partial charge in [-0.15, -0.1) is 0 Å². The normalized spacial score (nSPS) is 14.9. The van der Waals surface area contributed by atoms with Gasteiger partial charge in [0.15, 0.2) is 0 Å². The van der Waals surface area contributed by atoms with E-state index in [-0.39, 0.29) is 5.41 Å². The Hall–Kier alpha value is -0.920. The Labute approximate surface area is 75.1 Å². The van der Waals surface area contributed by atoms with Crippen molar-refractivity contribution in [3.05, 3.63) is 12.2 Å². The van der Waals surface area contributed by atoms with Gasteiger partial charge in [-0.25, -0.2) is 0 Å². The van der Waals surface area contributed by atoms with Crippen LogP contribution in [0.15, 0.2) is 22.1 Å². The van der Waals surface area contributed by atoms with Crippen molar-refractivity contribution in [2.24, 2.45) is 15.4 Å². The second kappa shape index (κ2) is 4.86. The number of hydrogen-bond acceptors (Lipinski definition) is 2. The molecule has 0 rings (SSSR count). The van der Waals surface area contributed by atoms with Crippen LogP contribution in [-0.2, 0) is 0 Å². The molecule has 0 saturated carbocycles. The summed E-state index contributed by atoms with van der Waals surface area (Å²) in [5.74, 6) is 0. The van der Waals surface area contributed by atoms with Gasteiger partial charge >= 0.3 is 0 Å². The standard InChI is InChI=1S/C10H18N2/c1-6-7-9(12-5)10(2,3)8-11-4/h6-8H,1-5H3. The molecule has 0 bridgehead atoms. The summed E-state index contributed by atoms with van der Waals surface area (Å²) in [4.78, 5) is 8.23. The molecule has 0 fully saturated rings. The Bertz CT molecular complexity index is 210. The van der Waals surface area contributed by atoms with Crippen LogP contribution < -0.4 is 0 Å². The first-order valence-electron chi connectivity index (χ1n) is 4.11. The molecule has 12 heavy (non-hydrogen) atoms. The number of rotatable bonds is 3. The maximum atomic E-state index is 4.21. The fraction of sp³-hybridized carbons (Fsp3) is 0.600. The molecule has 0 atom stereocenters. The Kier molecular flexibility index (Phi) is 4.49. The lowest BCUT2D eigenvalue weighted by Crippen LogP contribution is -2.24. The van der Waals surface area contributed by atoms with Gasteiger partial charge in [-0.3, -0.25) is 9.98 Å². The maximum Gasteiger partial charge on any atom is 0.0451 e. The molecule has 0 heterocycles. The Morgan fingerprint density at radius 3 is 2.17 bits per heavy atom. The zero-order valence-corrected chi connectivity index (χ0v) is 8.63. The van der Waals surface area contributed by atoms with E-state index in [1.54, 1.807) is 14.1 Å². The lowest BCUT2D eigenvalue weighted by atomic mass is 9.88. The van der Waals surface area contributed by atoms with Gasteiger partial charge in [0, 0.05) is 31.4 Å². The van der Waals surface area contributed by atoms with E-state index in [1.165, 1.54) is 0 Å². The number of aliphatic imine (C=N–C) groups is 2. The topological polar surface area (TPSA) is 24.7 Å². The minimum Gasteiger partial charge on any atom is -0.300 e. The van der Waals surface area contributed by atoms with Gasteiger partial charge in [0.25, 0.3) is 0 Å². The molecular formula is C10H18N2. The van der Waals surface area contributed by atoms with E-state index in [0.717, 1.165) is 5.71 Å². The molecule has 2 heteroatoms. The van der Waals surface area contributed by atoms with Crippen LogP contribution in [0.2, 0.25) is 0 Å². The Morgan fingerprint density at radius 1 is 1.25 bits per heavy atom. The second-order valence-electron chi connectivity index (χ2n) is 3.22. The first-order valence-corrected chi connectivity index (χ1v) is 4.11. The number of allylic oxidation sites excluding steroid dienone is 2. The zero-order valence-electron chi connectivity index (χ0n) is 8.63. The van der Waals surface area contributed by atoms with Crippen LogP contribution in [0, 0.1) is 5.41 Å². The van der Waals surface area contributed by atoms with Crippen LogP contribution in [0.25, 0.3) is 0 Å². The van der Waals surface area contributed by atoms with E-state index < -0.39 is 0 Å².